The van der Waals surface area contributed by atoms with E-state index in [9.17, 15) is 32.7 Å². The fourth-order valence-electron chi connectivity index (χ4n) is 5.39. The Hall–Kier alpha value is -4.50. The average molecular weight is 600 g/mol. The number of fused-ring (bicyclic) bond motifs is 3. The number of benzene rings is 2. The molecular weight excluding hydrogens is 566 g/mol. The number of anilines is 1. The molecule has 2 heterocycles. The van der Waals surface area contributed by atoms with Crippen LogP contribution < -0.4 is 27.0 Å². The number of carboxylic acids is 1. The van der Waals surface area contributed by atoms with Crippen molar-refractivity contribution in [2.24, 2.45) is 11.7 Å². The van der Waals surface area contributed by atoms with Crippen LogP contribution in [0.25, 0.3) is 0 Å². The van der Waals surface area contributed by atoms with E-state index >= 15 is 0 Å². The number of carbonyl (C=O) groups is 4. The normalized spacial score (nSPS) is 20.6. The maximum atomic E-state index is 13.5. The first-order chi connectivity index (χ1) is 20.0. The molecule has 1 saturated carbocycles. The molecule has 42 heavy (non-hydrogen) atoms. The monoisotopic (exact) mass is 599 g/mol. The molecule has 3 aliphatic rings. The average Bonchev–Trinajstić information content (AvgIpc) is 2.98. The summed E-state index contributed by atoms with van der Waals surface area (Å²) in [5.74, 6) is -4.02. The van der Waals surface area contributed by atoms with Gasteiger partial charge in [0.2, 0.25) is 21.8 Å². The van der Waals surface area contributed by atoms with Gasteiger partial charge in [-0.25, -0.2) is 13.2 Å². The molecule has 3 amide bonds. The first-order valence-electron chi connectivity index (χ1n) is 13.3. The van der Waals surface area contributed by atoms with E-state index in [1.54, 1.807) is 30.3 Å². The quantitative estimate of drug-likeness (QED) is 0.137. The van der Waals surface area contributed by atoms with E-state index in [2.05, 4.69) is 21.3 Å². The second-order valence-electron chi connectivity index (χ2n) is 10.2. The van der Waals surface area contributed by atoms with Crippen LogP contribution in [0.4, 0.5) is 5.69 Å². The van der Waals surface area contributed by atoms with Gasteiger partial charge in [0.25, 0.3) is 5.91 Å². The molecule has 1 aliphatic carbocycles. The third-order valence-electron chi connectivity index (χ3n) is 7.34. The van der Waals surface area contributed by atoms with Gasteiger partial charge < -0.3 is 32.1 Å². The third-order valence-corrected chi connectivity index (χ3v) is 9.29. The van der Waals surface area contributed by atoms with E-state index in [4.69, 9.17) is 11.1 Å². The highest BCUT2D eigenvalue weighted by molar-refractivity contribution is 7.89. The van der Waals surface area contributed by atoms with Crippen LogP contribution in [0.5, 0.6) is 0 Å². The van der Waals surface area contributed by atoms with Gasteiger partial charge in [-0.1, -0.05) is 24.3 Å². The molecule has 2 aromatic rings. The predicted octanol–water partition coefficient (Wildman–Crippen LogP) is 0.0393. The van der Waals surface area contributed by atoms with E-state index in [-0.39, 0.29) is 28.4 Å². The summed E-state index contributed by atoms with van der Waals surface area (Å²) in [6.07, 6.45) is 2.52. The number of hydrogen-bond donors (Lipinski definition) is 7. The largest absolute Gasteiger partial charge is 0.480 e. The summed E-state index contributed by atoms with van der Waals surface area (Å²) in [5, 5.41) is 26.7. The van der Waals surface area contributed by atoms with Crippen molar-refractivity contribution < 1.29 is 32.7 Å². The van der Waals surface area contributed by atoms with Gasteiger partial charge in [-0.15, -0.1) is 0 Å². The number of carboxylic acid groups (broad SMARTS) is 1. The van der Waals surface area contributed by atoms with E-state index in [0.717, 1.165) is 0 Å². The molecule has 15 heteroatoms. The second kappa shape index (κ2) is 13.0. The van der Waals surface area contributed by atoms with E-state index in [1.165, 1.54) is 28.6 Å². The van der Waals surface area contributed by atoms with Crippen LogP contribution in [0.15, 0.2) is 59.5 Å². The Labute approximate surface area is 242 Å². The van der Waals surface area contributed by atoms with Crippen molar-refractivity contribution in [1.29, 1.82) is 5.41 Å². The summed E-state index contributed by atoms with van der Waals surface area (Å²) in [6.45, 7) is -0.959. The highest BCUT2D eigenvalue weighted by Crippen LogP contribution is 2.42. The summed E-state index contributed by atoms with van der Waals surface area (Å²) < 4.78 is 28.3. The molecule has 8 N–H and O–H groups in total. The van der Waals surface area contributed by atoms with E-state index < -0.39 is 58.9 Å². The first kappa shape index (κ1) is 30.5. The molecule has 5 rings (SSSR count). The Morgan fingerprint density at radius 1 is 1.00 bits per heavy atom. The molecule has 2 atom stereocenters. The molecule has 0 spiro atoms. The Balaban J connectivity index is 1.37. The summed E-state index contributed by atoms with van der Waals surface area (Å²) in [7, 11) is -4.02. The predicted molar refractivity (Wildman–Crippen MR) is 152 cm³/mol. The van der Waals surface area contributed by atoms with Crippen LogP contribution >= 0.6 is 0 Å². The van der Waals surface area contributed by atoms with Crippen molar-refractivity contribution in [3.63, 3.8) is 0 Å². The van der Waals surface area contributed by atoms with Crippen LogP contribution in [0.3, 0.4) is 0 Å². The number of piperidine rings is 2. The lowest BCUT2D eigenvalue weighted by atomic mass is 9.76. The molecule has 3 fully saturated rings. The molecule has 224 valence electrons. The van der Waals surface area contributed by atoms with Crippen LogP contribution in [-0.2, 0) is 24.4 Å². The van der Waals surface area contributed by atoms with Crippen molar-refractivity contribution in [2.45, 2.75) is 48.7 Å². The SMILES string of the molecule is N=C(N)Nc1cccc(C(=O)NCC(=O)NC[C@H](NC(=O)[C@@H]2C3CCC(CC3)N2S(=O)(=O)c2ccccc2)C(=O)O)c1. The Morgan fingerprint density at radius 3 is 2.33 bits per heavy atom. The number of guanidine groups is 1. The number of nitrogens with two attached hydrogens (primary N) is 1. The Morgan fingerprint density at radius 2 is 1.69 bits per heavy atom. The minimum atomic E-state index is -4.02. The zero-order valence-corrected chi connectivity index (χ0v) is 23.4. The fraction of sp³-hybridized carbons (Fsp3) is 0.370. The Kier molecular flexibility index (Phi) is 9.42. The van der Waals surface area contributed by atoms with E-state index in [0.29, 0.717) is 31.4 Å². The zero-order valence-electron chi connectivity index (χ0n) is 22.6. The fourth-order valence-corrected chi connectivity index (χ4v) is 7.30. The Bertz CT molecular complexity index is 1460. The first-order valence-corrected chi connectivity index (χ1v) is 14.8. The van der Waals surface area contributed by atoms with Crippen molar-refractivity contribution in [3.8, 4) is 0 Å². The minimum Gasteiger partial charge on any atom is -0.480 e. The van der Waals surface area contributed by atoms with Gasteiger partial charge in [-0.3, -0.25) is 19.8 Å². The van der Waals surface area contributed by atoms with Gasteiger partial charge in [0.05, 0.1) is 11.4 Å². The van der Waals surface area contributed by atoms with Gasteiger partial charge >= 0.3 is 5.97 Å². The number of sulfonamides is 1. The molecule has 2 aliphatic heterocycles. The highest BCUT2D eigenvalue weighted by atomic mass is 32.2. The number of amides is 3. The second-order valence-corrected chi connectivity index (χ2v) is 12.0. The number of nitrogens with one attached hydrogen (secondary N) is 5. The maximum absolute atomic E-state index is 13.5. The summed E-state index contributed by atoms with van der Waals surface area (Å²) in [5.41, 5.74) is 5.89. The lowest BCUT2D eigenvalue weighted by Crippen LogP contribution is -2.64. The molecule has 0 unspecified atom stereocenters. The minimum absolute atomic E-state index is 0.0567. The van der Waals surface area contributed by atoms with Gasteiger partial charge in [0, 0.05) is 23.8 Å². The molecule has 0 aromatic heterocycles. The zero-order chi connectivity index (χ0) is 30.4. The van der Waals surface area contributed by atoms with Crippen molar-refractivity contribution >= 4 is 45.4 Å². The molecule has 0 radical (unpaired) electrons. The smallest absolute Gasteiger partial charge is 0.328 e. The summed E-state index contributed by atoms with van der Waals surface area (Å²) >= 11 is 0. The standard InChI is InChI=1S/C27H33N7O7S/c28-27(29)32-18-6-4-5-17(13-18)24(36)31-15-22(35)30-14-21(26(38)39)33-25(37)23-16-9-11-19(12-10-16)34(23)42(40,41)20-7-2-1-3-8-20/h1-8,13,16,19,21,23H,9-12,14-15H2,(H,30,35)(H,31,36)(H,33,37)(H,38,39)(H4,28,29,32)/t16?,19?,21-,23-/m0/s1. The number of hydrogen-bond acceptors (Lipinski definition) is 7. The number of carbonyl (C=O) groups excluding carboxylic acids is 3. The number of nitrogens with zero attached hydrogens (tertiary/aromatic N) is 1. The molecule has 2 aromatic carbocycles. The van der Waals surface area contributed by atoms with Gasteiger partial charge in [-0.2, -0.15) is 4.31 Å². The summed E-state index contributed by atoms with van der Waals surface area (Å²) in [6, 6.07) is 10.9. The third kappa shape index (κ3) is 7.03. The molecule has 2 bridgehead atoms. The molecule has 2 saturated heterocycles. The van der Waals surface area contributed by atoms with Crippen LogP contribution in [0.1, 0.15) is 36.0 Å². The summed E-state index contributed by atoms with van der Waals surface area (Å²) in [4.78, 5) is 50.2. The van der Waals surface area contributed by atoms with Crippen molar-refractivity contribution in [3.05, 3.63) is 60.2 Å². The lowest BCUT2D eigenvalue weighted by Gasteiger charge is -2.49. The van der Waals surface area contributed by atoms with Gasteiger partial charge in [-0.05, 0) is 61.9 Å². The van der Waals surface area contributed by atoms with Crippen molar-refractivity contribution in [2.75, 3.05) is 18.4 Å². The highest BCUT2D eigenvalue weighted by Gasteiger charge is 2.51. The number of rotatable bonds is 11. The maximum Gasteiger partial charge on any atom is 0.328 e. The van der Waals surface area contributed by atoms with Crippen LogP contribution in [-0.4, -0.2) is 78.7 Å². The van der Waals surface area contributed by atoms with Gasteiger partial charge in [0.15, 0.2) is 5.96 Å². The number of aliphatic carboxylic acids is 1. The lowest BCUT2D eigenvalue weighted by molar-refractivity contribution is -0.143. The van der Waals surface area contributed by atoms with Gasteiger partial charge in [0.1, 0.15) is 12.1 Å². The topological polar surface area (TPSA) is 224 Å². The molecular formula is C27H33N7O7S. The van der Waals surface area contributed by atoms with E-state index in [1.807, 2.05) is 0 Å². The molecule has 14 nitrogen and oxygen atoms in total. The van der Waals surface area contributed by atoms with Crippen LogP contribution in [0.2, 0.25) is 0 Å². The van der Waals surface area contributed by atoms with Crippen molar-refractivity contribution in [1.82, 2.24) is 20.3 Å². The van der Waals surface area contributed by atoms with Crippen LogP contribution in [0, 0.1) is 11.3 Å².